The standard InChI is InChI=1S/C16H20N4/c1-11-8-12(2)19-16(18-11)20(15-6-7-15)10-13-4-3-5-14(17)9-13/h3-5,8-9,15H,6-7,10,17H2,1-2H3. The highest BCUT2D eigenvalue weighted by molar-refractivity contribution is 5.44. The lowest BCUT2D eigenvalue weighted by atomic mass is 10.2. The Kier molecular flexibility index (Phi) is 3.30. The highest BCUT2D eigenvalue weighted by Gasteiger charge is 2.31. The number of aryl methyl sites for hydroxylation is 2. The first-order valence-corrected chi connectivity index (χ1v) is 7.05. The van der Waals surface area contributed by atoms with E-state index in [0.29, 0.717) is 6.04 Å². The van der Waals surface area contributed by atoms with Gasteiger partial charge in [-0.3, -0.25) is 0 Å². The summed E-state index contributed by atoms with van der Waals surface area (Å²) in [6.45, 7) is 4.85. The average molecular weight is 268 g/mol. The van der Waals surface area contributed by atoms with E-state index in [1.165, 1.54) is 18.4 Å². The number of anilines is 2. The number of nitrogen functional groups attached to an aromatic ring is 1. The summed E-state index contributed by atoms with van der Waals surface area (Å²) in [5.41, 5.74) is 9.91. The van der Waals surface area contributed by atoms with Crippen molar-refractivity contribution in [3.63, 3.8) is 0 Å². The third-order valence-corrected chi connectivity index (χ3v) is 3.52. The lowest BCUT2D eigenvalue weighted by Crippen LogP contribution is -2.27. The first-order chi connectivity index (χ1) is 9.61. The molecular weight excluding hydrogens is 248 g/mol. The van der Waals surface area contributed by atoms with Gasteiger partial charge in [0.05, 0.1) is 0 Å². The highest BCUT2D eigenvalue weighted by Crippen LogP contribution is 2.31. The van der Waals surface area contributed by atoms with Crippen LogP contribution in [0.1, 0.15) is 29.8 Å². The van der Waals surface area contributed by atoms with Gasteiger partial charge < -0.3 is 10.6 Å². The van der Waals surface area contributed by atoms with Crippen LogP contribution in [-0.4, -0.2) is 16.0 Å². The Morgan fingerprint density at radius 1 is 1.15 bits per heavy atom. The molecule has 1 aromatic carbocycles. The van der Waals surface area contributed by atoms with Crippen molar-refractivity contribution in [1.82, 2.24) is 9.97 Å². The van der Waals surface area contributed by atoms with E-state index in [-0.39, 0.29) is 0 Å². The van der Waals surface area contributed by atoms with Crippen LogP contribution < -0.4 is 10.6 Å². The van der Waals surface area contributed by atoms with Crippen molar-refractivity contribution in [1.29, 1.82) is 0 Å². The molecule has 0 radical (unpaired) electrons. The molecule has 1 aliphatic rings. The number of hydrogen-bond donors (Lipinski definition) is 1. The molecule has 4 heteroatoms. The van der Waals surface area contributed by atoms with Crippen LogP contribution in [-0.2, 0) is 6.54 Å². The molecule has 0 spiro atoms. The van der Waals surface area contributed by atoms with Crippen LogP contribution in [0.2, 0.25) is 0 Å². The van der Waals surface area contributed by atoms with Gasteiger partial charge in [-0.1, -0.05) is 12.1 Å². The largest absolute Gasteiger partial charge is 0.399 e. The number of nitrogens with zero attached hydrogens (tertiary/aromatic N) is 3. The van der Waals surface area contributed by atoms with Gasteiger partial charge in [0.1, 0.15) is 0 Å². The van der Waals surface area contributed by atoms with Gasteiger partial charge in [0, 0.05) is 29.7 Å². The zero-order chi connectivity index (χ0) is 14.1. The molecule has 1 saturated carbocycles. The van der Waals surface area contributed by atoms with Gasteiger partial charge in [0.2, 0.25) is 5.95 Å². The average Bonchev–Trinajstić information content (AvgIpc) is 3.19. The van der Waals surface area contributed by atoms with Crippen molar-refractivity contribution in [2.45, 2.75) is 39.3 Å². The fourth-order valence-electron chi connectivity index (χ4n) is 2.47. The van der Waals surface area contributed by atoms with Gasteiger partial charge in [-0.05, 0) is 50.5 Å². The van der Waals surface area contributed by atoms with Crippen LogP contribution in [0.25, 0.3) is 0 Å². The predicted molar refractivity (Wildman–Crippen MR) is 81.6 cm³/mol. The molecule has 0 aliphatic heterocycles. The second-order valence-corrected chi connectivity index (χ2v) is 5.55. The number of hydrogen-bond acceptors (Lipinski definition) is 4. The lowest BCUT2D eigenvalue weighted by Gasteiger charge is -2.23. The van der Waals surface area contributed by atoms with Crippen LogP contribution in [0, 0.1) is 13.8 Å². The smallest absolute Gasteiger partial charge is 0.226 e. The fourth-order valence-corrected chi connectivity index (χ4v) is 2.47. The molecule has 104 valence electrons. The fraction of sp³-hybridized carbons (Fsp3) is 0.375. The molecule has 2 N–H and O–H groups in total. The van der Waals surface area contributed by atoms with Gasteiger partial charge in [-0.2, -0.15) is 0 Å². The molecular formula is C16H20N4. The van der Waals surface area contributed by atoms with E-state index >= 15 is 0 Å². The minimum atomic E-state index is 0.567. The van der Waals surface area contributed by atoms with Crippen molar-refractivity contribution in [3.05, 3.63) is 47.3 Å². The normalized spacial score (nSPS) is 14.3. The number of aromatic nitrogens is 2. The maximum Gasteiger partial charge on any atom is 0.226 e. The molecule has 1 fully saturated rings. The van der Waals surface area contributed by atoms with E-state index in [2.05, 4.69) is 20.9 Å². The molecule has 0 unspecified atom stereocenters. The highest BCUT2D eigenvalue weighted by atomic mass is 15.3. The van der Waals surface area contributed by atoms with E-state index in [0.717, 1.165) is 29.6 Å². The van der Waals surface area contributed by atoms with E-state index < -0.39 is 0 Å². The van der Waals surface area contributed by atoms with Gasteiger partial charge in [-0.25, -0.2) is 9.97 Å². The molecule has 4 nitrogen and oxygen atoms in total. The van der Waals surface area contributed by atoms with Crippen molar-refractivity contribution in [2.75, 3.05) is 10.6 Å². The summed E-state index contributed by atoms with van der Waals surface area (Å²) in [5.74, 6) is 0.840. The summed E-state index contributed by atoms with van der Waals surface area (Å²) in [7, 11) is 0. The van der Waals surface area contributed by atoms with Gasteiger partial charge in [0.15, 0.2) is 0 Å². The molecule has 1 aromatic heterocycles. The van der Waals surface area contributed by atoms with Crippen LogP contribution in [0.15, 0.2) is 30.3 Å². The van der Waals surface area contributed by atoms with Crippen LogP contribution in [0.5, 0.6) is 0 Å². The number of nitrogens with two attached hydrogens (primary N) is 1. The van der Waals surface area contributed by atoms with Crippen LogP contribution in [0.3, 0.4) is 0 Å². The minimum absolute atomic E-state index is 0.567. The third-order valence-electron chi connectivity index (χ3n) is 3.52. The molecule has 0 saturated heterocycles. The van der Waals surface area contributed by atoms with E-state index in [9.17, 15) is 0 Å². The summed E-state index contributed by atoms with van der Waals surface area (Å²) in [4.78, 5) is 11.5. The summed E-state index contributed by atoms with van der Waals surface area (Å²) in [6, 6.07) is 10.6. The van der Waals surface area contributed by atoms with Gasteiger partial charge in [-0.15, -0.1) is 0 Å². The zero-order valence-electron chi connectivity index (χ0n) is 12.0. The Morgan fingerprint density at radius 3 is 2.45 bits per heavy atom. The molecule has 1 aliphatic carbocycles. The van der Waals surface area contributed by atoms with E-state index in [1.807, 2.05) is 38.1 Å². The second kappa shape index (κ2) is 5.12. The Morgan fingerprint density at radius 2 is 1.85 bits per heavy atom. The van der Waals surface area contributed by atoms with Crippen molar-refractivity contribution >= 4 is 11.6 Å². The van der Waals surface area contributed by atoms with Gasteiger partial charge in [0.25, 0.3) is 0 Å². The summed E-state index contributed by atoms with van der Waals surface area (Å²) in [6.07, 6.45) is 2.44. The van der Waals surface area contributed by atoms with Crippen molar-refractivity contribution < 1.29 is 0 Å². The Bertz CT molecular complexity index is 599. The second-order valence-electron chi connectivity index (χ2n) is 5.55. The van der Waals surface area contributed by atoms with Crippen molar-refractivity contribution in [2.24, 2.45) is 0 Å². The topological polar surface area (TPSA) is 55.0 Å². The van der Waals surface area contributed by atoms with Crippen LogP contribution >= 0.6 is 0 Å². The van der Waals surface area contributed by atoms with Crippen molar-refractivity contribution in [3.8, 4) is 0 Å². The Labute approximate surface area is 119 Å². The molecule has 0 amide bonds. The summed E-state index contributed by atoms with van der Waals surface area (Å²) >= 11 is 0. The van der Waals surface area contributed by atoms with Crippen LogP contribution in [0.4, 0.5) is 11.6 Å². The predicted octanol–water partition coefficient (Wildman–Crippen LogP) is 2.84. The molecule has 0 atom stereocenters. The molecule has 20 heavy (non-hydrogen) atoms. The maximum absolute atomic E-state index is 5.86. The number of benzene rings is 1. The molecule has 1 heterocycles. The van der Waals surface area contributed by atoms with E-state index in [1.54, 1.807) is 0 Å². The summed E-state index contributed by atoms with van der Waals surface area (Å²) < 4.78 is 0. The quantitative estimate of drug-likeness (QED) is 0.866. The minimum Gasteiger partial charge on any atom is -0.399 e. The summed E-state index contributed by atoms with van der Waals surface area (Å²) in [5, 5.41) is 0. The van der Waals surface area contributed by atoms with Gasteiger partial charge >= 0.3 is 0 Å². The third kappa shape index (κ3) is 2.90. The molecule has 3 rings (SSSR count). The first-order valence-electron chi connectivity index (χ1n) is 7.05. The molecule has 0 bridgehead atoms. The first kappa shape index (κ1) is 12.9. The lowest BCUT2D eigenvalue weighted by molar-refractivity contribution is 0.752. The Balaban J connectivity index is 1.89. The zero-order valence-corrected chi connectivity index (χ0v) is 12.0. The molecule has 2 aromatic rings. The monoisotopic (exact) mass is 268 g/mol. The Hall–Kier alpha value is -2.10. The maximum atomic E-state index is 5.86. The number of rotatable bonds is 4. The van der Waals surface area contributed by atoms with E-state index in [4.69, 9.17) is 5.73 Å². The SMILES string of the molecule is Cc1cc(C)nc(N(Cc2cccc(N)c2)C2CC2)n1.